The molecule has 0 amide bonds. The molecule has 0 bridgehead atoms. The number of benzene rings is 3. The Labute approximate surface area is 234 Å². The molecule has 1 fully saturated rings. The Morgan fingerprint density at radius 2 is 1.80 bits per heavy atom. The molecule has 3 aromatic carbocycles. The van der Waals surface area contributed by atoms with Crippen molar-refractivity contribution in [1.82, 2.24) is 5.32 Å². The van der Waals surface area contributed by atoms with Gasteiger partial charge in [-0.25, -0.2) is 13.2 Å². The first-order valence-corrected chi connectivity index (χ1v) is 13.4. The molecule has 0 radical (unpaired) electrons. The van der Waals surface area contributed by atoms with E-state index in [1.807, 2.05) is 30.3 Å². The number of nitrogens with one attached hydrogen (secondary N) is 1. The number of halogens is 6. The molecule has 5 rings (SSSR count). The van der Waals surface area contributed by atoms with Crippen molar-refractivity contribution in [2.75, 3.05) is 13.2 Å². The average molecular weight is 582 g/mol. The lowest BCUT2D eigenvalue weighted by Gasteiger charge is -2.37. The normalized spacial score (nSPS) is 24.2. The molecule has 2 aliphatic rings. The molecule has 10 heteroatoms. The van der Waals surface area contributed by atoms with Crippen molar-refractivity contribution in [2.24, 2.45) is 0 Å². The average Bonchev–Trinajstić information content (AvgIpc) is 3.31. The maximum atomic E-state index is 15.6. The van der Waals surface area contributed by atoms with Gasteiger partial charge < -0.3 is 19.9 Å². The highest BCUT2D eigenvalue weighted by Gasteiger charge is 2.45. The Bertz CT molecular complexity index is 1380. The molecule has 1 saturated carbocycles. The lowest BCUT2D eigenvalue weighted by molar-refractivity contribution is -0.0521. The Morgan fingerprint density at radius 1 is 1.10 bits per heavy atom. The third kappa shape index (κ3) is 5.39. The van der Waals surface area contributed by atoms with Crippen LogP contribution in [0.1, 0.15) is 42.4 Å². The van der Waals surface area contributed by atoms with E-state index in [2.05, 4.69) is 10.1 Å². The molecule has 1 heterocycles. The van der Waals surface area contributed by atoms with E-state index in [-0.39, 0.29) is 40.9 Å². The van der Waals surface area contributed by atoms with Crippen molar-refractivity contribution in [3.05, 3.63) is 81.9 Å². The van der Waals surface area contributed by atoms with Crippen LogP contribution in [0.3, 0.4) is 0 Å². The summed E-state index contributed by atoms with van der Waals surface area (Å²) in [5.41, 5.74) is -0.889. The van der Waals surface area contributed by atoms with Gasteiger partial charge in [-0.3, -0.25) is 0 Å². The fourth-order valence-electron chi connectivity index (χ4n) is 5.75. The van der Waals surface area contributed by atoms with Gasteiger partial charge in [0.2, 0.25) is 0 Å². The van der Waals surface area contributed by atoms with Gasteiger partial charge >= 0.3 is 6.61 Å². The zero-order valence-electron chi connectivity index (χ0n) is 21.8. The van der Waals surface area contributed by atoms with Crippen LogP contribution < -0.4 is 14.8 Å². The minimum absolute atomic E-state index is 0.0117. The number of rotatable bonds is 8. The van der Waals surface area contributed by atoms with Crippen LogP contribution >= 0.6 is 11.6 Å². The first kappa shape index (κ1) is 28.6. The number of hydrogen-bond acceptors (Lipinski definition) is 4. The van der Waals surface area contributed by atoms with Gasteiger partial charge in [-0.05, 0) is 49.8 Å². The van der Waals surface area contributed by atoms with E-state index < -0.39 is 41.9 Å². The molecule has 2 N–H and O–H groups in total. The highest BCUT2D eigenvalue weighted by atomic mass is 35.5. The van der Waals surface area contributed by atoms with Crippen LogP contribution in [0.5, 0.6) is 11.5 Å². The van der Waals surface area contributed by atoms with E-state index in [0.29, 0.717) is 36.8 Å². The summed E-state index contributed by atoms with van der Waals surface area (Å²) in [6.07, 6.45) is 1.94. The summed E-state index contributed by atoms with van der Waals surface area (Å²) >= 11 is 6.44. The molecule has 1 aliphatic heterocycles. The van der Waals surface area contributed by atoms with Gasteiger partial charge in [0.1, 0.15) is 18.2 Å². The number of aliphatic hydroxyl groups is 1. The molecule has 1 atom stereocenters. The maximum absolute atomic E-state index is 15.6. The van der Waals surface area contributed by atoms with Crippen LogP contribution in [0, 0.1) is 18.6 Å². The fourth-order valence-corrected chi connectivity index (χ4v) is 6.02. The van der Waals surface area contributed by atoms with Crippen LogP contribution in [0.25, 0.3) is 11.1 Å². The van der Waals surface area contributed by atoms with Crippen molar-refractivity contribution < 1.29 is 36.5 Å². The monoisotopic (exact) mass is 581 g/mol. The van der Waals surface area contributed by atoms with E-state index in [1.165, 1.54) is 6.07 Å². The molecule has 3 aromatic rings. The molecular weight excluding hydrogens is 553 g/mol. The molecule has 0 unspecified atom stereocenters. The van der Waals surface area contributed by atoms with Crippen LogP contribution in [0.2, 0.25) is 5.02 Å². The minimum atomic E-state index is -3.25. The molecule has 0 saturated heterocycles. The topological polar surface area (TPSA) is 50.7 Å². The Kier molecular flexibility index (Phi) is 8.01. The number of aryl methyl sites for hydroxylation is 1. The van der Waals surface area contributed by atoms with E-state index in [9.17, 15) is 18.3 Å². The minimum Gasteiger partial charge on any atom is -0.480 e. The predicted octanol–water partition coefficient (Wildman–Crippen LogP) is 7.26. The van der Waals surface area contributed by atoms with E-state index in [0.717, 1.165) is 17.7 Å². The lowest BCUT2D eigenvalue weighted by atomic mass is 9.82. The summed E-state index contributed by atoms with van der Waals surface area (Å²) < 4.78 is 80.8. The van der Waals surface area contributed by atoms with Crippen LogP contribution in [-0.2, 0) is 12.0 Å². The van der Waals surface area contributed by atoms with Crippen LogP contribution in [-0.4, -0.2) is 36.6 Å². The summed E-state index contributed by atoms with van der Waals surface area (Å²) in [5.74, 6) is -2.43. The second kappa shape index (κ2) is 11.2. The van der Waals surface area contributed by atoms with Crippen molar-refractivity contribution in [3.8, 4) is 22.6 Å². The summed E-state index contributed by atoms with van der Waals surface area (Å²) in [6, 6.07) is 12.9. The molecule has 4 nitrogen and oxygen atoms in total. The molecule has 214 valence electrons. The maximum Gasteiger partial charge on any atom is 0.387 e. The van der Waals surface area contributed by atoms with Crippen LogP contribution in [0.4, 0.5) is 22.0 Å². The lowest BCUT2D eigenvalue weighted by Crippen LogP contribution is -2.48. The van der Waals surface area contributed by atoms with E-state index in [1.54, 1.807) is 6.92 Å². The molecular formula is C30H29ClF5NO3. The Hall–Kier alpha value is -2.88. The van der Waals surface area contributed by atoms with E-state index in [4.69, 9.17) is 16.3 Å². The largest absolute Gasteiger partial charge is 0.480 e. The number of ether oxygens (including phenoxy) is 2. The predicted molar refractivity (Wildman–Crippen MR) is 142 cm³/mol. The van der Waals surface area contributed by atoms with Crippen molar-refractivity contribution in [2.45, 2.75) is 62.9 Å². The van der Waals surface area contributed by atoms with Gasteiger partial charge in [-0.1, -0.05) is 48.0 Å². The third-order valence-electron chi connectivity index (χ3n) is 7.98. The summed E-state index contributed by atoms with van der Waals surface area (Å²) in [7, 11) is 0. The summed E-state index contributed by atoms with van der Waals surface area (Å²) in [4.78, 5) is 0. The Balaban J connectivity index is 1.55. The molecule has 0 spiro atoms. The highest BCUT2D eigenvalue weighted by Crippen LogP contribution is 2.50. The Morgan fingerprint density at radius 3 is 2.45 bits per heavy atom. The smallest absolute Gasteiger partial charge is 0.387 e. The SMILES string of the molecule is Cc1ccc(OC(F)F)c(F)c1-c1c(Cl)c(F)cc2c1C[C@@](CNC1CCC(O)(CF)CC1)(c1ccccc1)O2. The second-order valence-corrected chi connectivity index (χ2v) is 11.0. The highest BCUT2D eigenvalue weighted by molar-refractivity contribution is 6.34. The molecule has 1 aliphatic carbocycles. The second-order valence-electron chi connectivity index (χ2n) is 10.6. The summed E-state index contributed by atoms with van der Waals surface area (Å²) in [5, 5.41) is 13.4. The first-order valence-electron chi connectivity index (χ1n) is 13.1. The zero-order chi connectivity index (χ0) is 28.7. The van der Waals surface area contributed by atoms with Crippen molar-refractivity contribution in [3.63, 3.8) is 0 Å². The van der Waals surface area contributed by atoms with Gasteiger partial charge in [0.05, 0.1) is 10.6 Å². The zero-order valence-corrected chi connectivity index (χ0v) is 22.5. The summed E-state index contributed by atoms with van der Waals surface area (Å²) in [6.45, 7) is -2.19. The number of fused-ring (bicyclic) bond motifs is 1. The fraction of sp³-hybridized carbons (Fsp3) is 0.400. The van der Waals surface area contributed by atoms with E-state index >= 15 is 8.78 Å². The standard InChI is InChI=1S/C30H29ClF5NO3/c1-17-7-8-22(39-28(35)36)27(34)24(17)25-20-14-30(18-5-3-2-4-6-18,40-23(20)13-21(33)26(25)31)16-37-19-9-11-29(38,15-32)12-10-19/h2-8,13,19,28,37-38H,9-12,14-16H2,1H3/t19?,29?,30-/m1/s1. The quantitative estimate of drug-likeness (QED) is 0.275. The first-order chi connectivity index (χ1) is 19.1. The molecule has 40 heavy (non-hydrogen) atoms. The van der Waals surface area contributed by atoms with Gasteiger partial charge in [0.25, 0.3) is 0 Å². The van der Waals surface area contributed by atoms with Crippen molar-refractivity contribution >= 4 is 11.6 Å². The van der Waals surface area contributed by atoms with Gasteiger partial charge in [0, 0.05) is 41.8 Å². The van der Waals surface area contributed by atoms with Gasteiger partial charge in [-0.2, -0.15) is 8.78 Å². The third-order valence-corrected chi connectivity index (χ3v) is 8.35. The molecule has 0 aromatic heterocycles. The van der Waals surface area contributed by atoms with Crippen molar-refractivity contribution in [1.29, 1.82) is 0 Å². The van der Waals surface area contributed by atoms with Gasteiger partial charge in [0.15, 0.2) is 17.2 Å². The number of alkyl halides is 3. The van der Waals surface area contributed by atoms with Gasteiger partial charge in [-0.15, -0.1) is 0 Å². The number of hydrogen-bond donors (Lipinski definition) is 2. The van der Waals surface area contributed by atoms with Crippen LogP contribution in [0.15, 0.2) is 48.5 Å².